The van der Waals surface area contributed by atoms with Gasteiger partial charge in [0.25, 0.3) is 0 Å². The number of rotatable bonds is 2. The van der Waals surface area contributed by atoms with Crippen LogP contribution < -0.4 is 4.90 Å². The Balaban J connectivity index is 2.27. The van der Waals surface area contributed by atoms with Crippen LogP contribution in [0.3, 0.4) is 0 Å². The summed E-state index contributed by atoms with van der Waals surface area (Å²) in [4.78, 5) is 9.14. The van der Waals surface area contributed by atoms with Crippen molar-refractivity contribution in [3.05, 3.63) is 23.9 Å². The third-order valence-electron chi connectivity index (χ3n) is 3.93. The van der Waals surface area contributed by atoms with E-state index >= 15 is 0 Å². The largest absolute Gasteiger partial charge is 0.389 e. The monoisotopic (exact) mass is 249 g/mol. The normalized spacial score (nSPS) is 27.3. The summed E-state index contributed by atoms with van der Waals surface area (Å²) in [6.07, 6.45) is 1.33. The lowest BCUT2D eigenvalue weighted by Gasteiger charge is -2.43. The summed E-state index contributed by atoms with van der Waals surface area (Å²) < 4.78 is 0. The lowest BCUT2D eigenvalue weighted by atomic mass is 10.1. The molecule has 1 aromatic heterocycles. The third-order valence-corrected chi connectivity index (χ3v) is 3.93. The van der Waals surface area contributed by atoms with Crippen LogP contribution in [0, 0.1) is 0 Å². The number of hydrogen-bond acceptors (Lipinski definition) is 4. The van der Waals surface area contributed by atoms with Crippen LogP contribution in [0.4, 0.5) is 5.82 Å². The van der Waals surface area contributed by atoms with Crippen LogP contribution in [-0.4, -0.2) is 47.2 Å². The molecule has 0 aliphatic carbocycles. The molecule has 1 aliphatic heterocycles. The van der Waals surface area contributed by atoms with E-state index < -0.39 is 6.10 Å². The maximum Gasteiger partial charge on any atom is 0.134 e. The molecule has 4 nitrogen and oxygen atoms in total. The highest BCUT2D eigenvalue weighted by molar-refractivity contribution is 5.48. The summed E-state index contributed by atoms with van der Waals surface area (Å²) in [6, 6.07) is 4.84. The van der Waals surface area contributed by atoms with Gasteiger partial charge in [0.15, 0.2) is 0 Å². The van der Waals surface area contributed by atoms with Gasteiger partial charge < -0.3 is 10.0 Å². The van der Waals surface area contributed by atoms with Gasteiger partial charge in [-0.15, -0.1) is 0 Å². The maximum absolute atomic E-state index is 9.84. The first kappa shape index (κ1) is 13.3. The first-order valence-corrected chi connectivity index (χ1v) is 6.60. The van der Waals surface area contributed by atoms with Crippen LogP contribution >= 0.6 is 0 Å². The lowest BCUT2D eigenvalue weighted by molar-refractivity contribution is 0.167. The Bertz CT molecular complexity index is 396. The molecule has 1 aromatic rings. The molecule has 4 heteroatoms. The van der Waals surface area contributed by atoms with Gasteiger partial charge in [-0.3, -0.25) is 4.90 Å². The van der Waals surface area contributed by atoms with Gasteiger partial charge >= 0.3 is 0 Å². The minimum Gasteiger partial charge on any atom is -0.389 e. The van der Waals surface area contributed by atoms with Gasteiger partial charge in [0.2, 0.25) is 0 Å². The fourth-order valence-electron chi connectivity index (χ4n) is 2.58. The Morgan fingerprint density at radius 2 is 1.94 bits per heavy atom. The zero-order chi connectivity index (χ0) is 13.3. The quantitative estimate of drug-likeness (QED) is 0.865. The van der Waals surface area contributed by atoms with Crippen molar-refractivity contribution in [2.24, 2.45) is 0 Å². The van der Waals surface area contributed by atoms with Crippen molar-refractivity contribution < 1.29 is 5.11 Å². The highest BCUT2D eigenvalue weighted by atomic mass is 16.3. The molecular weight excluding hydrogens is 226 g/mol. The minimum absolute atomic E-state index is 0.473. The summed E-state index contributed by atoms with van der Waals surface area (Å²) in [6.45, 7) is 8.17. The number of aliphatic hydroxyl groups is 1. The smallest absolute Gasteiger partial charge is 0.134 e. The third kappa shape index (κ3) is 2.49. The first-order valence-electron chi connectivity index (χ1n) is 6.60. The number of hydrogen-bond donors (Lipinski definition) is 1. The number of likely N-dealkylation sites (N-methyl/N-ethyl adjacent to an activating group) is 1. The van der Waals surface area contributed by atoms with E-state index in [1.807, 2.05) is 12.1 Å². The van der Waals surface area contributed by atoms with E-state index in [-0.39, 0.29) is 0 Å². The van der Waals surface area contributed by atoms with Crippen LogP contribution in [0.15, 0.2) is 18.3 Å². The number of piperazine rings is 1. The molecule has 0 amide bonds. The number of aromatic nitrogens is 1. The van der Waals surface area contributed by atoms with E-state index in [9.17, 15) is 5.11 Å². The minimum atomic E-state index is -0.473. The molecule has 0 aromatic carbocycles. The molecule has 18 heavy (non-hydrogen) atoms. The van der Waals surface area contributed by atoms with Gasteiger partial charge in [-0.2, -0.15) is 0 Å². The Hall–Kier alpha value is -1.13. The predicted octanol–water partition coefficient (Wildman–Crippen LogP) is 1.66. The van der Waals surface area contributed by atoms with Crippen molar-refractivity contribution >= 4 is 5.82 Å². The Morgan fingerprint density at radius 3 is 2.50 bits per heavy atom. The van der Waals surface area contributed by atoms with Gasteiger partial charge in [0, 0.05) is 36.9 Å². The van der Waals surface area contributed by atoms with Crippen molar-refractivity contribution in [3.63, 3.8) is 0 Å². The summed E-state index contributed by atoms with van der Waals surface area (Å²) >= 11 is 0. The van der Waals surface area contributed by atoms with E-state index in [1.165, 1.54) is 0 Å². The molecule has 100 valence electrons. The molecule has 2 rings (SSSR count). The van der Waals surface area contributed by atoms with Gasteiger partial charge in [-0.05, 0) is 33.9 Å². The average molecular weight is 249 g/mol. The molecule has 1 fully saturated rings. The Kier molecular flexibility index (Phi) is 3.88. The van der Waals surface area contributed by atoms with Gasteiger partial charge in [0.1, 0.15) is 5.82 Å². The molecule has 0 saturated carbocycles. The topological polar surface area (TPSA) is 39.6 Å². The number of anilines is 1. The van der Waals surface area contributed by atoms with Gasteiger partial charge in [-0.1, -0.05) is 6.07 Å². The molecule has 0 spiro atoms. The fourth-order valence-corrected chi connectivity index (χ4v) is 2.58. The second-order valence-electron chi connectivity index (χ2n) is 5.36. The maximum atomic E-state index is 9.84. The molecule has 2 heterocycles. The van der Waals surface area contributed by atoms with Crippen molar-refractivity contribution in [2.45, 2.75) is 39.0 Å². The summed E-state index contributed by atoms with van der Waals surface area (Å²) in [5.41, 5.74) is 0.918. The SMILES string of the molecule is CC1CN(c2ncccc2[C@@H](C)O)CC(C)N1C. The summed E-state index contributed by atoms with van der Waals surface area (Å²) in [5, 5.41) is 9.84. The van der Waals surface area contributed by atoms with Crippen LogP contribution in [0.1, 0.15) is 32.4 Å². The summed E-state index contributed by atoms with van der Waals surface area (Å²) in [7, 11) is 2.17. The Labute approximate surface area is 109 Å². The van der Waals surface area contributed by atoms with Crippen LogP contribution in [0.2, 0.25) is 0 Å². The standard InChI is InChI=1S/C14H23N3O/c1-10-8-17(9-11(2)16(10)4)14-13(12(3)18)6-5-7-15-14/h5-7,10-12,18H,8-9H2,1-4H3/t10?,11?,12-/m1/s1. The first-order chi connectivity index (χ1) is 8.50. The fraction of sp³-hybridized carbons (Fsp3) is 0.643. The number of pyridine rings is 1. The molecule has 2 unspecified atom stereocenters. The van der Waals surface area contributed by atoms with Crippen LogP contribution in [0.25, 0.3) is 0 Å². The highest BCUT2D eigenvalue weighted by Gasteiger charge is 2.28. The van der Waals surface area contributed by atoms with E-state index in [0.717, 1.165) is 24.5 Å². The van der Waals surface area contributed by atoms with Gasteiger partial charge in [-0.25, -0.2) is 4.98 Å². The average Bonchev–Trinajstić information content (AvgIpc) is 2.35. The highest BCUT2D eigenvalue weighted by Crippen LogP contribution is 2.26. The number of nitrogens with zero attached hydrogens (tertiary/aromatic N) is 3. The molecule has 1 N–H and O–H groups in total. The Morgan fingerprint density at radius 1 is 1.33 bits per heavy atom. The van der Waals surface area contributed by atoms with Gasteiger partial charge in [0.05, 0.1) is 6.10 Å². The lowest BCUT2D eigenvalue weighted by Crippen LogP contribution is -2.55. The predicted molar refractivity (Wildman–Crippen MR) is 73.8 cm³/mol. The van der Waals surface area contributed by atoms with E-state index in [2.05, 4.69) is 35.7 Å². The van der Waals surface area contributed by atoms with Crippen LogP contribution in [0.5, 0.6) is 0 Å². The van der Waals surface area contributed by atoms with Crippen molar-refractivity contribution in [1.82, 2.24) is 9.88 Å². The van der Waals surface area contributed by atoms with E-state index in [0.29, 0.717) is 12.1 Å². The molecule has 1 aliphatic rings. The van der Waals surface area contributed by atoms with Crippen molar-refractivity contribution in [3.8, 4) is 0 Å². The molecular formula is C14H23N3O. The van der Waals surface area contributed by atoms with Crippen molar-refractivity contribution in [2.75, 3.05) is 25.0 Å². The van der Waals surface area contributed by atoms with Crippen molar-refractivity contribution in [1.29, 1.82) is 0 Å². The zero-order valence-corrected chi connectivity index (χ0v) is 11.7. The molecule has 3 atom stereocenters. The molecule has 0 radical (unpaired) electrons. The van der Waals surface area contributed by atoms with Crippen LogP contribution in [-0.2, 0) is 0 Å². The molecule has 0 bridgehead atoms. The summed E-state index contributed by atoms with van der Waals surface area (Å²) in [5.74, 6) is 0.930. The second-order valence-corrected chi connectivity index (χ2v) is 5.36. The van der Waals surface area contributed by atoms with E-state index in [4.69, 9.17) is 0 Å². The van der Waals surface area contributed by atoms with E-state index in [1.54, 1.807) is 13.1 Å². The second kappa shape index (κ2) is 5.24. The molecule has 1 saturated heterocycles. The number of aliphatic hydroxyl groups excluding tert-OH is 1. The zero-order valence-electron chi connectivity index (χ0n) is 11.7.